The van der Waals surface area contributed by atoms with E-state index in [1.807, 2.05) is 30.3 Å². The first-order valence-corrected chi connectivity index (χ1v) is 4.58. The summed E-state index contributed by atoms with van der Waals surface area (Å²) in [6.07, 6.45) is 3.48. The maximum atomic E-state index is 4.97. The lowest BCUT2D eigenvalue weighted by Gasteiger charge is -2.01. The van der Waals surface area contributed by atoms with Crippen molar-refractivity contribution in [3.05, 3.63) is 48.3 Å². The van der Waals surface area contributed by atoms with Crippen LogP contribution < -0.4 is 5.90 Å². The van der Waals surface area contributed by atoms with Crippen molar-refractivity contribution in [1.29, 1.82) is 0 Å². The van der Waals surface area contributed by atoms with Crippen molar-refractivity contribution in [2.24, 2.45) is 5.90 Å². The molecule has 2 rings (SSSR count). The Morgan fingerprint density at radius 1 is 1.07 bits per heavy atom. The molecule has 0 aliphatic heterocycles. The van der Waals surface area contributed by atoms with Crippen LogP contribution in [-0.4, -0.2) is 9.97 Å². The first-order chi connectivity index (χ1) is 7.40. The van der Waals surface area contributed by atoms with Crippen LogP contribution in [0.25, 0.3) is 11.4 Å². The van der Waals surface area contributed by atoms with Gasteiger partial charge in [-0.3, -0.25) is 14.8 Å². The van der Waals surface area contributed by atoms with Gasteiger partial charge < -0.3 is 0 Å². The lowest BCUT2D eigenvalue weighted by atomic mass is 10.2. The molecule has 0 radical (unpaired) electrons. The summed E-state index contributed by atoms with van der Waals surface area (Å²) in [5, 5.41) is 0. The molecule has 2 heterocycles. The average Bonchev–Trinajstić information content (AvgIpc) is 2.32. The molecule has 0 fully saturated rings. The first kappa shape index (κ1) is 9.76. The van der Waals surface area contributed by atoms with Crippen molar-refractivity contribution in [1.82, 2.24) is 9.97 Å². The van der Waals surface area contributed by atoms with Crippen LogP contribution in [0.4, 0.5) is 0 Å². The van der Waals surface area contributed by atoms with Crippen LogP contribution in [-0.2, 0) is 11.4 Å². The predicted octanol–water partition coefficient (Wildman–Crippen LogP) is 1.53. The molecular weight excluding hydrogens is 190 g/mol. The molecule has 0 amide bonds. The Morgan fingerprint density at radius 2 is 1.93 bits per heavy atom. The van der Waals surface area contributed by atoms with Crippen LogP contribution in [0.2, 0.25) is 0 Å². The van der Waals surface area contributed by atoms with Gasteiger partial charge in [0.25, 0.3) is 0 Å². The quantitative estimate of drug-likeness (QED) is 0.765. The Morgan fingerprint density at radius 3 is 2.53 bits per heavy atom. The molecule has 2 aromatic heterocycles. The Hall–Kier alpha value is -1.78. The summed E-state index contributed by atoms with van der Waals surface area (Å²) in [5.41, 5.74) is 2.64. The lowest BCUT2D eigenvalue weighted by Crippen LogP contribution is -1.99. The van der Waals surface area contributed by atoms with Gasteiger partial charge in [-0.25, -0.2) is 5.90 Å². The SMILES string of the molecule is NOCc1ccc(-c2ccccn2)nc1. The highest BCUT2D eigenvalue weighted by atomic mass is 16.6. The third kappa shape index (κ3) is 2.37. The van der Waals surface area contributed by atoms with Crippen molar-refractivity contribution in [2.75, 3.05) is 0 Å². The number of nitrogens with zero attached hydrogens (tertiary/aromatic N) is 2. The third-order valence-corrected chi connectivity index (χ3v) is 2.00. The van der Waals surface area contributed by atoms with Gasteiger partial charge in [0.2, 0.25) is 0 Å². The van der Waals surface area contributed by atoms with Crippen molar-refractivity contribution >= 4 is 0 Å². The van der Waals surface area contributed by atoms with Gasteiger partial charge in [-0.1, -0.05) is 12.1 Å². The van der Waals surface area contributed by atoms with Crippen molar-refractivity contribution in [3.63, 3.8) is 0 Å². The second-order valence-electron chi connectivity index (χ2n) is 3.08. The Kier molecular flexibility index (Phi) is 3.02. The number of hydrogen-bond donors (Lipinski definition) is 1. The summed E-state index contributed by atoms with van der Waals surface area (Å²) in [7, 11) is 0. The summed E-state index contributed by atoms with van der Waals surface area (Å²) >= 11 is 0. The highest BCUT2D eigenvalue weighted by Crippen LogP contribution is 2.13. The van der Waals surface area contributed by atoms with Gasteiger partial charge in [0, 0.05) is 12.4 Å². The van der Waals surface area contributed by atoms with Crippen LogP contribution >= 0.6 is 0 Å². The topological polar surface area (TPSA) is 61.0 Å². The fourth-order valence-electron chi connectivity index (χ4n) is 1.27. The number of hydrogen-bond acceptors (Lipinski definition) is 4. The largest absolute Gasteiger partial charge is 0.300 e. The van der Waals surface area contributed by atoms with E-state index in [1.165, 1.54) is 0 Å². The van der Waals surface area contributed by atoms with Crippen LogP contribution in [0.5, 0.6) is 0 Å². The molecule has 4 nitrogen and oxygen atoms in total. The number of aromatic nitrogens is 2. The molecular formula is C11H11N3O. The second-order valence-corrected chi connectivity index (χ2v) is 3.08. The van der Waals surface area contributed by atoms with Gasteiger partial charge in [-0.05, 0) is 23.8 Å². The minimum atomic E-state index is 0.371. The van der Waals surface area contributed by atoms with Gasteiger partial charge >= 0.3 is 0 Å². The maximum absolute atomic E-state index is 4.97. The molecule has 0 aromatic carbocycles. The molecule has 0 atom stereocenters. The molecule has 0 spiro atoms. The molecule has 0 saturated heterocycles. The molecule has 76 valence electrons. The predicted molar refractivity (Wildman–Crippen MR) is 56.4 cm³/mol. The van der Waals surface area contributed by atoms with E-state index < -0.39 is 0 Å². The van der Waals surface area contributed by atoms with Gasteiger partial charge in [-0.2, -0.15) is 0 Å². The second kappa shape index (κ2) is 4.63. The van der Waals surface area contributed by atoms with E-state index >= 15 is 0 Å². The van der Waals surface area contributed by atoms with E-state index in [9.17, 15) is 0 Å². The highest BCUT2D eigenvalue weighted by molar-refractivity contribution is 5.53. The maximum Gasteiger partial charge on any atom is 0.0944 e. The minimum absolute atomic E-state index is 0.371. The summed E-state index contributed by atoms with van der Waals surface area (Å²) in [5.74, 6) is 4.97. The standard InChI is InChI=1S/C11H11N3O/c12-15-8-9-4-5-11(14-7-9)10-3-1-2-6-13-10/h1-7H,8,12H2. The monoisotopic (exact) mass is 201 g/mol. The van der Waals surface area contributed by atoms with E-state index in [2.05, 4.69) is 14.8 Å². The molecule has 0 unspecified atom stereocenters. The van der Waals surface area contributed by atoms with E-state index in [-0.39, 0.29) is 0 Å². The zero-order chi connectivity index (χ0) is 10.5. The summed E-state index contributed by atoms with van der Waals surface area (Å²) in [6, 6.07) is 9.54. The molecule has 2 N–H and O–H groups in total. The van der Waals surface area contributed by atoms with Crippen molar-refractivity contribution in [2.45, 2.75) is 6.61 Å². The van der Waals surface area contributed by atoms with Crippen molar-refractivity contribution < 1.29 is 4.84 Å². The normalized spacial score (nSPS) is 10.2. The van der Waals surface area contributed by atoms with Crippen LogP contribution in [0.1, 0.15) is 5.56 Å². The fourth-order valence-corrected chi connectivity index (χ4v) is 1.27. The zero-order valence-corrected chi connectivity index (χ0v) is 8.13. The average molecular weight is 201 g/mol. The van der Waals surface area contributed by atoms with Gasteiger partial charge in [0.1, 0.15) is 0 Å². The van der Waals surface area contributed by atoms with E-state index in [1.54, 1.807) is 12.4 Å². The molecule has 15 heavy (non-hydrogen) atoms. The van der Waals surface area contributed by atoms with E-state index in [0.717, 1.165) is 17.0 Å². The van der Waals surface area contributed by atoms with Crippen LogP contribution in [0, 0.1) is 0 Å². The molecule has 0 aliphatic rings. The van der Waals surface area contributed by atoms with E-state index in [0.29, 0.717) is 6.61 Å². The van der Waals surface area contributed by atoms with Crippen LogP contribution in [0.15, 0.2) is 42.7 Å². The summed E-state index contributed by atoms with van der Waals surface area (Å²) in [4.78, 5) is 13.0. The van der Waals surface area contributed by atoms with Crippen molar-refractivity contribution in [3.8, 4) is 11.4 Å². The lowest BCUT2D eigenvalue weighted by molar-refractivity contribution is 0.124. The fraction of sp³-hybridized carbons (Fsp3) is 0.0909. The first-order valence-electron chi connectivity index (χ1n) is 4.58. The molecule has 2 aromatic rings. The smallest absolute Gasteiger partial charge is 0.0944 e. The number of rotatable bonds is 3. The van der Waals surface area contributed by atoms with Gasteiger partial charge in [0.15, 0.2) is 0 Å². The Bertz CT molecular complexity index is 414. The Balaban J connectivity index is 2.24. The Labute approximate surface area is 87.7 Å². The van der Waals surface area contributed by atoms with Gasteiger partial charge in [-0.15, -0.1) is 0 Å². The van der Waals surface area contributed by atoms with Crippen LogP contribution in [0.3, 0.4) is 0 Å². The summed E-state index contributed by atoms with van der Waals surface area (Å²) < 4.78 is 0. The molecule has 0 bridgehead atoms. The van der Waals surface area contributed by atoms with Gasteiger partial charge in [0.05, 0.1) is 18.0 Å². The molecule has 0 saturated carbocycles. The number of pyridine rings is 2. The van der Waals surface area contributed by atoms with E-state index in [4.69, 9.17) is 5.90 Å². The third-order valence-electron chi connectivity index (χ3n) is 2.00. The minimum Gasteiger partial charge on any atom is -0.300 e. The summed E-state index contributed by atoms with van der Waals surface area (Å²) in [6.45, 7) is 0.371. The number of nitrogens with two attached hydrogens (primary N) is 1. The zero-order valence-electron chi connectivity index (χ0n) is 8.13. The molecule has 0 aliphatic carbocycles. The molecule has 4 heteroatoms. The highest BCUT2D eigenvalue weighted by Gasteiger charge is 1.99.